The van der Waals surface area contributed by atoms with Crippen LogP contribution in [-0.2, 0) is 18.5 Å². The van der Waals surface area contributed by atoms with E-state index in [0.29, 0.717) is 0 Å². The van der Waals surface area contributed by atoms with E-state index in [4.69, 9.17) is 11.5 Å². The number of benzene rings is 2. The minimum atomic E-state index is -0.569. The van der Waals surface area contributed by atoms with Crippen molar-refractivity contribution in [2.75, 3.05) is 13.1 Å². The minimum Gasteiger partial charge on any atom is -0.322 e. The largest absolute Gasteiger partial charge is 0.322 e. The zero-order valence-electron chi connectivity index (χ0n) is 16.3. The molecule has 26 heavy (non-hydrogen) atoms. The van der Waals surface area contributed by atoms with E-state index in [2.05, 4.69) is 84.9 Å². The van der Waals surface area contributed by atoms with Crippen molar-refractivity contribution >= 4 is 15.9 Å². The van der Waals surface area contributed by atoms with Gasteiger partial charge in [0.1, 0.15) is 0 Å². The Bertz CT molecular complexity index is 815. The van der Waals surface area contributed by atoms with E-state index in [1.54, 1.807) is 0 Å². The molecule has 0 aliphatic carbocycles. The second-order valence-electron chi connectivity index (χ2n) is 8.12. The SMILES string of the molecule is CCc1cc(C)ccc1CN1CC(C)(N)C(N)(c2ccc(C)c(Br)c2)C1. The van der Waals surface area contributed by atoms with Crippen molar-refractivity contribution in [1.82, 2.24) is 4.90 Å². The highest BCUT2D eigenvalue weighted by molar-refractivity contribution is 9.10. The summed E-state index contributed by atoms with van der Waals surface area (Å²) in [5, 5.41) is 0. The number of nitrogens with zero attached hydrogens (tertiary/aromatic N) is 1. The lowest BCUT2D eigenvalue weighted by molar-refractivity contribution is 0.303. The fraction of sp³-hybridized carbons (Fsp3) is 0.455. The monoisotopic (exact) mass is 415 g/mol. The van der Waals surface area contributed by atoms with Crippen LogP contribution in [0.4, 0.5) is 0 Å². The van der Waals surface area contributed by atoms with Crippen LogP contribution < -0.4 is 11.5 Å². The molecule has 0 radical (unpaired) electrons. The maximum atomic E-state index is 6.93. The number of nitrogens with two attached hydrogens (primary N) is 2. The molecule has 2 unspecified atom stereocenters. The van der Waals surface area contributed by atoms with Crippen LogP contribution in [0, 0.1) is 13.8 Å². The van der Waals surface area contributed by atoms with Gasteiger partial charge in [-0.25, -0.2) is 0 Å². The summed E-state index contributed by atoms with van der Waals surface area (Å²) in [6.45, 7) is 11.0. The summed E-state index contributed by atoms with van der Waals surface area (Å²) in [6.07, 6.45) is 1.05. The van der Waals surface area contributed by atoms with Crippen LogP contribution in [0.3, 0.4) is 0 Å². The molecule has 140 valence electrons. The van der Waals surface area contributed by atoms with Crippen LogP contribution in [0.15, 0.2) is 40.9 Å². The van der Waals surface area contributed by atoms with Crippen molar-refractivity contribution in [3.8, 4) is 0 Å². The van der Waals surface area contributed by atoms with Crippen LogP contribution >= 0.6 is 15.9 Å². The van der Waals surface area contributed by atoms with Crippen molar-refractivity contribution in [2.24, 2.45) is 11.5 Å². The highest BCUT2D eigenvalue weighted by Crippen LogP contribution is 2.38. The third kappa shape index (κ3) is 3.48. The summed E-state index contributed by atoms with van der Waals surface area (Å²) in [5.74, 6) is 0. The summed E-state index contributed by atoms with van der Waals surface area (Å²) in [4.78, 5) is 2.40. The normalized spacial score (nSPS) is 26.4. The van der Waals surface area contributed by atoms with Gasteiger partial charge in [0.25, 0.3) is 0 Å². The van der Waals surface area contributed by atoms with Gasteiger partial charge >= 0.3 is 0 Å². The van der Waals surface area contributed by atoms with E-state index in [0.717, 1.165) is 36.1 Å². The Morgan fingerprint density at radius 2 is 1.77 bits per heavy atom. The molecular weight excluding hydrogens is 386 g/mol. The molecule has 4 heteroatoms. The predicted octanol–water partition coefficient (Wildman–Crippen LogP) is 4.02. The topological polar surface area (TPSA) is 55.3 Å². The second-order valence-corrected chi connectivity index (χ2v) is 8.98. The van der Waals surface area contributed by atoms with E-state index in [9.17, 15) is 0 Å². The van der Waals surface area contributed by atoms with E-state index in [1.165, 1.54) is 22.3 Å². The Morgan fingerprint density at radius 1 is 1.04 bits per heavy atom. The van der Waals surface area contributed by atoms with Gasteiger partial charge < -0.3 is 11.5 Å². The smallest absolute Gasteiger partial charge is 0.0731 e. The Morgan fingerprint density at radius 3 is 2.42 bits per heavy atom. The lowest BCUT2D eigenvalue weighted by Crippen LogP contribution is -2.61. The molecule has 1 fully saturated rings. The van der Waals surface area contributed by atoms with Gasteiger partial charge in [-0.1, -0.05) is 58.7 Å². The van der Waals surface area contributed by atoms with E-state index >= 15 is 0 Å². The molecule has 2 atom stereocenters. The van der Waals surface area contributed by atoms with Crippen LogP contribution in [-0.4, -0.2) is 23.5 Å². The van der Waals surface area contributed by atoms with Gasteiger partial charge in [-0.05, 0) is 55.5 Å². The molecule has 1 saturated heterocycles. The molecule has 0 aromatic heterocycles. The molecule has 4 N–H and O–H groups in total. The van der Waals surface area contributed by atoms with Crippen molar-refractivity contribution in [3.05, 3.63) is 68.7 Å². The molecule has 1 aliphatic heterocycles. The van der Waals surface area contributed by atoms with Crippen LogP contribution in [0.5, 0.6) is 0 Å². The number of halogens is 1. The second kappa shape index (κ2) is 7.08. The van der Waals surface area contributed by atoms with Gasteiger partial charge in [0, 0.05) is 29.6 Å². The maximum absolute atomic E-state index is 6.93. The Balaban J connectivity index is 1.89. The molecule has 0 saturated carbocycles. The third-order valence-electron chi connectivity index (χ3n) is 5.87. The van der Waals surface area contributed by atoms with Crippen molar-refractivity contribution < 1.29 is 0 Å². The van der Waals surface area contributed by atoms with Gasteiger partial charge in [0.2, 0.25) is 0 Å². The van der Waals surface area contributed by atoms with Gasteiger partial charge in [-0.3, -0.25) is 4.90 Å². The minimum absolute atomic E-state index is 0.487. The number of hydrogen-bond donors (Lipinski definition) is 2. The molecule has 1 aliphatic rings. The molecular formula is C22H30BrN3. The summed E-state index contributed by atoms with van der Waals surface area (Å²) in [5.41, 5.74) is 19.0. The first kappa shape index (κ1) is 19.6. The molecule has 0 spiro atoms. The average molecular weight is 416 g/mol. The quantitative estimate of drug-likeness (QED) is 0.792. The summed E-state index contributed by atoms with van der Waals surface area (Å²) in [6, 6.07) is 13.1. The Kier molecular flexibility index (Phi) is 5.33. The first-order valence-electron chi connectivity index (χ1n) is 9.31. The average Bonchev–Trinajstić information content (AvgIpc) is 2.81. The highest BCUT2D eigenvalue weighted by Gasteiger charge is 2.51. The van der Waals surface area contributed by atoms with E-state index in [1.807, 2.05) is 0 Å². The van der Waals surface area contributed by atoms with E-state index < -0.39 is 11.1 Å². The lowest BCUT2D eigenvalue weighted by atomic mass is 9.77. The number of rotatable bonds is 4. The van der Waals surface area contributed by atoms with Gasteiger partial charge in [0.15, 0.2) is 0 Å². The molecule has 3 nitrogen and oxygen atoms in total. The number of aryl methyl sites for hydroxylation is 3. The van der Waals surface area contributed by atoms with E-state index in [-0.39, 0.29) is 0 Å². The molecule has 3 rings (SSSR count). The van der Waals surface area contributed by atoms with Gasteiger partial charge in [0.05, 0.1) is 5.54 Å². The van der Waals surface area contributed by atoms with Crippen molar-refractivity contribution in [1.29, 1.82) is 0 Å². The summed E-state index contributed by atoms with van der Waals surface area (Å²) in [7, 11) is 0. The standard InChI is InChI=1S/C22H30BrN3/c1-5-17-10-15(2)6-8-18(17)12-26-13-21(4,24)22(25,14-26)19-9-7-16(3)20(23)11-19/h6-11H,5,12-14,24-25H2,1-4H3. The molecule has 2 aromatic carbocycles. The maximum Gasteiger partial charge on any atom is 0.0731 e. The molecule has 0 bridgehead atoms. The molecule has 2 aromatic rings. The predicted molar refractivity (Wildman–Crippen MR) is 113 cm³/mol. The van der Waals surface area contributed by atoms with Crippen LogP contribution in [0.2, 0.25) is 0 Å². The number of hydrogen-bond acceptors (Lipinski definition) is 3. The highest BCUT2D eigenvalue weighted by atomic mass is 79.9. The molecule has 1 heterocycles. The lowest BCUT2D eigenvalue weighted by Gasteiger charge is -2.37. The van der Waals surface area contributed by atoms with Crippen molar-refractivity contribution in [3.63, 3.8) is 0 Å². The zero-order chi connectivity index (χ0) is 19.1. The van der Waals surface area contributed by atoms with Crippen molar-refractivity contribution in [2.45, 2.75) is 51.7 Å². The zero-order valence-corrected chi connectivity index (χ0v) is 17.9. The third-order valence-corrected chi connectivity index (χ3v) is 6.72. The van der Waals surface area contributed by atoms with Gasteiger partial charge in [-0.15, -0.1) is 0 Å². The Labute approximate surface area is 165 Å². The first-order valence-corrected chi connectivity index (χ1v) is 10.1. The molecule has 0 amide bonds. The van der Waals surface area contributed by atoms with Crippen LogP contribution in [0.1, 0.15) is 41.7 Å². The Hall–Kier alpha value is -1.20. The summed E-state index contributed by atoms with van der Waals surface area (Å²) >= 11 is 3.64. The fourth-order valence-electron chi connectivity index (χ4n) is 4.08. The fourth-order valence-corrected chi connectivity index (χ4v) is 4.46. The number of likely N-dealkylation sites (tertiary alicyclic amines) is 1. The van der Waals surface area contributed by atoms with Gasteiger partial charge in [-0.2, -0.15) is 0 Å². The first-order chi connectivity index (χ1) is 12.2. The summed E-state index contributed by atoms with van der Waals surface area (Å²) < 4.78 is 1.08. The van der Waals surface area contributed by atoms with Crippen LogP contribution in [0.25, 0.3) is 0 Å².